The van der Waals surface area contributed by atoms with Gasteiger partial charge in [-0.15, -0.1) is 0 Å². The maximum absolute atomic E-state index is 14.3. The number of rotatable bonds is 12. The Kier molecular flexibility index (Phi) is 9.52. The van der Waals surface area contributed by atoms with Crippen LogP contribution in [0.2, 0.25) is 0 Å². The Morgan fingerprint density at radius 1 is 1.05 bits per heavy atom. The zero-order chi connectivity index (χ0) is 30.7. The van der Waals surface area contributed by atoms with Crippen LogP contribution in [0.1, 0.15) is 67.4 Å². The first-order chi connectivity index (χ1) is 20.6. The van der Waals surface area contributed by atoms with Gasteiger partial charge in [0.05, 0.1) is 18.3 Å². The Labute approximate surface area is 259 Å². The first-order valence-corrected chi connectivity index (χ1v) is 15.7. The molecular formula is C36H50N4O3. The molecule has 2 heterocycles. The Balaban J connectivity index is 0.00000442. The van der Waals surface area contributed by atoms with Crippen molar-refractivity contribution in [3.63, 3.8) is 0 Å². The summed E-state index contributed by atoms with van der Waals surface area (Å²) in [6.07, 6.45) is 2.92. The molecule has 0 radical (unpaired) electrons. The summed E-state index contributed by atoms with van der Waals surface area (Å²) < 4.78 is 11.8. The molecule has 7 nitrogen and oxygen atoms in total. The topological polar surface area (TPSA) is 67.8 Å². The van der Waals surface area contributed by atoms with Crippen molar-refractivity contribution in [2.45, 2.75) is 72.9 Å². The first-order valence-electron chi connectivity index (χ1n) is 15.7. The van der Waals surface area contributed by atoms with Crippen LogP contribution in [0.4, 0.5) is 0 Å². The van der Waals surface area contributed by atoms with Gasteiger partial charge >= 0.3 is 0 Å². The molecule has 1 amide bonds. The molecule has 2 aliphatic rings. The molecule has 1 saturated heterocycles. The van der Waals surface area contributed by atoms with E-state index >= 15 is 0 Å². The zero-order valence-corrected chi connectivity index (χ0v) is 27.0. The molecule has 1 aliphatic carbocycles. The number of benzene rings is 2. The molecule has 0 N–H and O–H groups in total. The van der Waals surface area contributed by atoms with Gasteiger partial charge in [0.25, 0.3) is 5.91 Å². The van der Waals surface area contributed by atoms with Crippen molar-refractivity contribution in [2.75, 3.05) is 40.0 Å². The lowest BCUT2D eigenvalue weighted by Gasteiger charge is -2.62. The summed E-state index contributed by atoms with van der Waals surface area (Å²) in [5.41, 5.74) is 6.50. The summed E-state index contributed by atoms with van der Waals surface area (Å²) in [6.45, 7) is 16.9. The van der Waals surface area contributed by atoms with Crippen LogP contribution in [0.5, 0.6) is 5.88 Å². The predicted octanol–water partition coefficient (Wildman–Crippen LogP) is 6.67. The molecule has 1 atom stereocenters. The van der Waals surface area contributed by atoms with Crippen molar-refractivity contribution in [2.24, 2.45) is 11.3 Å². The van der Waals surface area contributed by atoms with E-state index < -0.39 is 0 Å². The van der Waals surface area contributed by atoms with Crippen LogP contribution in [0.15, 0.2) is 48.5 Å². The fourth-order valence-electron chi connectivity index (χ4n) is 7.18. The van der Waals surface area contributed by atoms with Crippen molar-refractivity contribution in [3.8, 4) is 17.1 Å². The van der Waals surface area contributed by atoms with E-state index in [0.29, 0.717) is 29.6 Å². The number of methoxy groups -OCH3 is 1. The number of ether oxygens (including phenoxy) is 2. The van der Waals surface area contributed by atoms with Crippen molar-refractivity contribution in [1.82, 2.24) is 19.8 Å². The van der Waals surface area contributed by atoms with Crippen LogP contribution in [-0.4, -0.2) is 77.7 Å². The van der Waals surface area contributed by atoms with Gasteiger partial charge in [-0.25, -0.2) is 4.98 Å². The number of aromatic nitrogens is 2. The third kappa shape index (κ3) is 7.10. The molecule has 3 aromatic rings. The number of amides is 1. The molecule has 5 rings (SSSR count). The number of likely N-dealkylation sites (tertiary alicyclic amines) is 1. The van der Waals surface area contributed by atoms with E-state index in [1.165, 1.54) is 11.1 Å². The lowest BCUT2D eigenvalue weighted by atomic mass is 9.60. The summed E-state index contributed by atoms with van der Waals surface area (Å²) in [6, 6.07) is 16.3. The van der Waals surface area contributed by atoms with E-state index in [-0.39, 0.29) is 19.4 Å². The minimum absolute atomic E-state index is 0. The standard InChI is InChI=1S/C36H48N4O3.H2/c1-24(2)16-30(21-43-33-18-32(37-28(6)38-33)34-26(4)11-9-12-27(34)5)40(35(41)29-13-8-10-25(3)17-29)31-19-36(20-31)22-39(23-36)14-15-42-7;/h8-13,17-18,24,30-31H,14-16,19-23H2,1-7H3;1H/t30-;/m1./s1. The minimum atomic E-state index is -0.0704. The quantitative estimate of drug-likeness (QED) is 0.236. The summed E-state index contributed by atoms with van der Waals surface area (Å²) in [5, 5.41) is 0. The second kappa shape index (κ2) is 13.1. The summed E-state index contributed by atoms with van der Waals surface area (Å²) in [4.78, 5) is 28.3. The van der Waals surface area contributed by atoms with E-state index in [1.807, 2.05) is 44.2 Å². The van der Waals surface area contributed by atoms with E-state index in [0.717, 1.165) is 67.9 Å². The van der Waals surface area contributed by atoms with Crippen LogP contribution < -0.4 is 4.74 Å². The van der Waals surface area contributed by atoms with Crippen LogP contribution in [0.3, 0.4) is 0 Å². The average Bonchev–Trinajstić information content (AvgIpc) is 2.90. The van der Waals surface area contributed by atoms with Crippen molar-refractivity contribution in [3.05, 3.63) is 76.6 Å². The van der Waals surface area contributed by atoms with E-state index in [2.05, 4.69) is 60.7 Å². The van der Waals surface area contributed by atoms with E-state index in [4.69, 9.17) is 14.5 Å². The van der Waals surface area contributed by atoms with E-state index in [9.17, 15) is 4.79 Å². The van der Waals surface area contributed by atoms with Crippen LogP contribution >= 0.6 is 0 Å². The Morgan fingerprint density at radius 3 is 2.40 bits per heavy atom. The molecule has 2 aromatic carbocycles. The Hall–Kier alpha value is -3.29. The fourth-order valence-corrected chi connectivity index (χ4v) is 7.18. The number of carbonyl (C=O) groups is 1. The van der Waals surface area contributed by atoms with Crippen LogP contribution in [0.25, 0.3) is 11.3 Å². The van der Waals surface area contributed by atoms with Gasteiger partial charge in [0.15, 0.2) is 0 Å². The molecule has 1 aliphatic heterocycles. The second-order valence-electron chi connectivity index (χ2n) is 13.3. The lowest BCUT2D eigenvalue weighted by molar-refractivity contribution is -0.114. The molecule has 0 unspecified atom stereocenters. The maximum Gasteiger partial charge on any atom is 0.254 e. The van der Waals surface area contributed by atoms with Gasteiger partial charge in [-0.2, -0.15) is 4.98 Å². The molecular weight excluding hydrogens is 536 g/mol. The van der Waals surface area contributed by atoms with Gasteiger partial charge < -0.3 is 14.4 Å². The van der Waals surface area contributed by atoms with Gasteiger partial charge in [-0.3, -0.25) is 9.69 Å². The highest BCUT2D eigenvalue weighted by atomic mass is 16.5. The summed E-state index contributed by atoms with van der Waals surface area (Å²) in [7, 11) is 1.76. The predicted molar refractivity (Wildman–Crippen MR) is 174 cm³/mol. The normalized spacial score (nSPS) is 17.0. The molecule has 7 heteroatoms. The van der Waals surface area contributed by atoms with E-state index in [1.54, 1.807) is 7.11 Å². The van der Waals surface area contributed by atoms with Gasteiger partial charge in [-0.05, 0) is 81.5 Å². The van der Waals surface area contributed by atoms with Gasteiger partial charge in [0.2, 0.25) is 5.88 Å². The van der Waals surface area contributed by atoms with Crippen molar-refractivity contribution < 1.29 is 15.7 Å². The number of aryl methyl sites for hydroxylation is 4. The molecule has 43 heavy (non-hydrogen) atoms. The molecule has 1 aromatic heterocycles. The third-order valence-electron chi connectivity index (χ3n) is 9.07. The smallest absolute Gasteiger partial charge is 0.254 e. The maximum atomic E-state index is 14.3. The minimum Gasteiger partial charge on any atom is -0.475 e. The number of carbonyl (C=O) groups excluding carboxylic acids is 1. The summed E-state index contributed by atoms with van der Waals surface area (Å²) >= 11 is 0. The third-order valence-corrected chi connectivity index (χ3v) is 9.07. The van der Waals surface area contributed by atoms with Crippen molar-refractivity contribution in [1.29, 1.82) is 0 Å². The summed E-state index contributed by atoms with van der Waals surface area (Å²) in [5.74, 6) is 1.73. The molecule has 1 spiro atoms. The second-order valence-corrected chi connectivity index (χ2v) is 13.3. The highest BCUT2D eigenvalue weighted by Crippen LogP contribution is 2.51. The van der Waals surface area contributed by atoms with Gasteiger partial charge in [0.1, 0.15) is 12.4 Å². The number of nitrogens with zero attached hydrogens (tertiary/aromatic N) is 4. The molecule has 232 valence electrons. The first kappa shape index (κ1) is 31.1. The Bertz CT molecular complexity index is 1410. The van der Waals surface area contributed by atoms with Gasteiger partial charge in [0, 0.05) is 51.4 Å². The fraction of sp³-hybridized carbons (Fsp3) is 0.528. The molecule has 2 fully saturated rings. The SMILES string of the molecule is COCCN1CC2(CC(N(C(=O)c3cccc(C)c3)[C@@H](COc3cc(-c4c(C)cccc4C)nc(C)n3)CC(C)C)C2)C1.[HH]. The zero-order valence-electron chi connectivity index (χ0n) is 27.0. The highest BCUT2D eigenvalue weighted by molar-refractivity contribution is 5.95. The molecule has 0 bridgehead atoms. The largest absolute Gasteiger partial charge is 0.475 e. The highest BCUT2D eigenvalue weighted by Gasteiger charge is 2.55. The average molecular weight is 587 g/mol. The monoisotopic (exact) mass is 586 g/mol. The van der Waals surface area contributed by atoms with Crippen molar-refractivity contribution >= 4 is 5.91 Å². The Morgan fingerprint density at radius 2 is 1.74 bits per heavy atom. The lowest BCUT2D eigenvalue weighted by Crippen LogP contribution is -2.68. The van der Waals surface area contributed by atoms with Crippen LogP contribution in [-0.2, 0) is 4.74 Å². The number of hydrogen-bond donors (Lipinski definition) is 0. The van der Waals surface area contributed by atoms with Crippen LogP contribution in [0, 0.1) is 39.0 Å². The van der Waals surface area contributed by atoms with Gasteiger partial charge in [-0.1, -0.05) is 49.7 Å². The number of hydrogen-bond acceptors (Lipinski definition) is 6. The molecule has 1 saturated carbocycles.